The summed E-state index contributed by atoms with van der Waals surface area (Å²) in [6, 6.07) is 2.53. The molecule has 1 aliphatic heterocycles. The van der Waals surface area contributed by atoms with Crippen LogP contribution < -0.4 is 10.5 Å². The Hall–Kier alpha value is -1.18. The van der Waals surface area contributed by atoms with Crippen LogP contribution in [0.15, 0.2) is 17.0 Å². The number of ether oxygens (including phenoxy) is 1. The zero-order valence-electron chi connectivity index (χ0n) is 11.7. The van der Waals surface area contributed by atoms with Crippen molar-refractivity contribution in [1.82, 2.24) is 4.72 Å². The molecule has 1 aromatic rings. The molecule has 0 amide bonds. The van der Waals surface area contributed by atoms with E-state index in [9.17, 15) is 12.8 Å². The number of anilines is 1. The summed E-state index contributed by atoms with van der Waals surface area (Å²) in [6.07, 6.45) is 0.263. The van der Waals surface area contributed by atoms with E-state index in [4.69, 9.17) is 10.5 Å². The lowest BCUT2D eigenvalue weighted by Gasteiger charge is -2.28. The first-order chi connectivity index (χ1) is 9.16. The third kappa shape index (κ3) is 2.65. The summed E-state index contributed by atoms with van der Waals surface area (Å²) in [6.45, 7) is 5.49. The van der Waals surface area contributed by atoms with Gasteiger partial charge >= 0.3 is 0 Å². The normalized spacial score (nSPS) is 26.9. The fourth-order valence-electron chi connectivity index (χ4n) is 2.29. The van der Waals surface area contributed by atoms with E-state index in [1.54, 1.807) is 13.8 Å². The van der Waals surface area contributed by atoms with E-state index in [2.05, 4.69) is 4.72 Å². The lowest BCUT2D eigenvalue weighted by Crippen LogP contribution is -2.50. The fraction of sp³-hybridized carbons (Fsp3) is 0.538. The predicted molar refractivity (Wildman–Crippen MR) is 74.3 cm³/mol. The smallest absolute Gasteiger partial charge is 0.244 e. The summed E-state index contributed by atoms with van der Waals surface area (Å²) in [5, 5.41) is 0. The molecule has 20 heavy (non-hydrogen) atoms. The number of nitrogens with two attached hydrogens (primary N) is 1. The van der Waals surface area contributed by atoms with Crippen molar-refractivity contribution in [3.8, 4) is 0 Å². The summed E-state index contributed by atoms with van der Waals surface area (Å²) in [4.78, 5) is -0.421. The van der Waals surface area contributed by atoms with Gasteiger partial charge in [0.25, 0.3) is 0 Å². The van der Waals surface area contributed by atoms with Gasteiger partial charge in [-0.25, -0.2) is 17.5 Å². The Morgan fingerprint density at radius 3 is 2.70 bits per heavy atom. The molecule has 0 bridgehead atoms. The van der Waals surface area contributed by atoms with Gasteiger partial charge in [0.1, 0.15) is 10.7 Å². The number of nitrogens with one attached hydrogen (secondary N) is 1. The van der Waals surface area contributed by atoms with Crippen LogP contribution in [0.25, 0.3) is 0 Å². The van der Waals surface area contributed by atoms with Gasteiger partial charge in [-0.3, -0.25) is 0 Å². The molecule has 0 saturated carbocycles. The van der Waals surface area contributed by atoms with Crippen LogP contribution in [0.1, 0.15) is 25.8 Å². The van der Waals surface area contributed by atoms with Gasteiger partial charge in [-0.05, 0) is 44.9 Å². The molecule has 0 aliphatic carbocycles. The number of sulfonamides is 1. The predicted octanol–water partition coefficient (Wildman–Crippen LogP) is 1.56. The second-order valence-corrected chi connectivity index (χ2v) is 7.09. The van der Waals surface area contributed by atoms with Crippen LogP contribution in [0.2, 0.25) is 0 Å². The average molecular weight is 302 g/mol. The van der Waals surface area contributed by atoms with Gasteiger partial charge in [-0.2, -0.15) is 0 Å². The Morgan fingerprint density at radius 2 is 2.15 bits per heavy atom. The van der Waals surface area contributed by atoms with Gasteiger partial charge in [-0.1, -0.05) is 0 Å². The largest absolute Gasteiger partial charge is 0.399 e. The Labute approximate surface area is 118 Å². The minimum absolute atomic E-state index is 0.200. The quantitative estimate of drug-likeness (QED) is 0.830. The minimum Gasteiger partial charge on any atom is -0.399 e. The maximum atomic E-state index is 14.1. The number of nitrogen functional groups attached to an aromatic ring is 1. The SMILES string of the molecule is Cc1cc(N)cc(S(=O)(=O)NC2(C)CCOC2C)c1F. The molecule has 7 heteroatoms. The number of rotatable bonds is 3. The van der Waals surface area contributed by atoms with Crippen molar-refractivity contribution in [2.45, 2.75) is 43.7 Å². The number of hydrogen-bond acceptors (Lipinski definition) is 4. The van der Waals surface area contributed by atoms with Crippen molar-refractivity contribution in [3.05, 3.63) is 23.5 Å². The second-order valence-electron chi connectivity index (χ2n) is 5.44. The standard InChI is InChI=1S/C13H19FN2O3S/c1-8-6-10(15)7-11(12(8)14)20(17,18)16-13(3)4-5-19-9(13)2/h6-7,9,16H,4-5,15H2,1-3H3. The molecule has 1 aliphatic rings. The molecular formula is C13H19FN2O3S. The maximum absolute atomic E-state index is 14.1. The molecule has 2 unspecified atom stereocenters. The Kier molecular flexibility index (Phi) is 3.79. The first-order valence-electron chi connectivity index (χ1n) is 6.37. The number of hydrogen-bond donors (Lipinski definition) is 2. The molecule has 1 fully saturated rings. The van der Waals surface area contributed by atoms with Crippen molar-refractivity contribution in [2.75, 3.05) is 12.3 Å². The van der Waals surface area contributed by atoms with Gasteiger partial charge in [0.2, 0.25) is 10.0 Å². The van der Waals surface area contributed by atoms with Crippen LogP contribution >= 0.6 is 0 Å². The first-order valence-corrected chi connectivity index (χ1v) is 7.85. The van der Waals surface area contributed by atoms with Crippen molar-refractivity contribution < 1.29 is 17.5 Å². The van der Waals surface area contributed by atoms with Crippen molar-refractivity contribution in [1.29, 1.82) is 0 Å². The molecule has 0 spiro atoms. The van der Waals surface area contributed by atoms with E-state index in [-0.39, 0.29) is 17.4 Å². The van der Waals surface area contributed by atoms with Crippen LogP contribution in [-0.4, -0.2) is 26.7 Å². The highest BCUT2D eigenvalue weighted by Crippen LogP contribution is 2.29. The Bertz CT molecular complexity index is 633. The first kappa shape index (κ1) is 15.2. The van der Waals surface area contributed by atoms with Gasteiger partial charge < -0.3 is 10.5 Å². The van der Waals surface area contributed by atoms with Gasteiger partial charge in [-0.15, -0.1) is 0 Å². The number of aryl methyl sites for hydroxylation is 1. The van der Waals surface area contributed by atoms with Crippen LogP contribution in [0.5, 0.6) is 0 Å². The fourth-order valence-corrected chi connectivity index (χ4v) is 3.97. The number of halogens is 1. The highest BCUT2D eigenvalue weighted by molar-refractivity contribution is 7.89. The van der Waals surface area contributed by atoms with E-state index in [0.29, 0.717) is 13.0 Å². The molecule has 112 valence electrons. The zero-order chi connectivity index (χ0) is 15.1. The molecule has 3 N–H and O–H groups in total. The average Bonchev–Trinajstić information content (AvgIpc) is 2.63. The zero-order valence-corrected chi connectivity index (χ0v) is 12.6. The molecule has 1 saturated heterocycles. The summed E-state index contributed by atoms with van der Waals surface area (Å²) in [7, 11) is -4.00. The van der Waals surface area contributed by atoms with E-state index in [0.717, 1.165) is 6.07 Å². The third-order valence-corrected chi connectivity index (χ3v) is 5.40. The van der Waals surface area contributed by atoms with E-state index < -0.39 is 26.3 Å². The number of benzene rings is 1. The van der Waals surface area contributed by atoms with Crippen LogP contribution in [-0.2, 0) is 14.8 Å². The highest BCUT2D eigenvalue weighted by Gasteiger charge is 2.41. The molecule has 0 radical (unpaired) electrons. The van der Waals surface area contributed by atoms with Crippen LogP contribution in [0.3, 0.4) is 0 Å². The summed E-state index contributed by atoms with van der Waals surface area (Å²) in [5.74, 6) is -0.776. The summed E-state index contributed by atoms with van der Waals surface area (Å²) in [5.41, 5.74) is 5.28. The van der Waals surface area contributed by atoms with Gasteiger partial charge in [0, 0.05) is 12.3 Å². The van der Waals surface area contributed by atoms with E-state index in [1.807, 2.05) is 0 Å². The van der Waals surface area contributed by atoms with Gasteiger partial charge in [0.15, 0.2) is 0 Å². The summed E-state index contributed by atoms with van der Waals surface area (Å²) >= 11 is 0. The maximum Gasteiger partial charge on any atom is 0.244 e. The third-order valence-electron chi connectivity index (χ3n) is 3.79. The Morgan fingerprint density at radius 1 is 1.50 bits per heavy atom. The van der Waals surface area contributed by atoms with E-state index in [1.165, 1.54) is 13.0 Å². The molecular weight excluding hydrogens is 283 g/mol. The second kappa shape index (κ2) is 4.98. The molecule has 0 aromatic heterocycles. The highest BCUT2D eigenvalue weighted by atomic mass is 32.2. The molecule has 1 aromatic carbocycles. The topological polar surface area (TPSA) is 81.4 Å². The van der Waals surface area contributed by atoms with Gasteiger partial charge in [0.05, 0.1) is 11.6 Å². The molecule has 5 nitrogen and oxygen atoms in total. The van der Waals surface area contributed by atoms with Crippen molar-refractivity contribution >= 4 is 15.7 Å². The van der Waals surface area contributed by atoms with Crippen molar-refractivity contribution in [3.63, 3.8) is 0 Å². The van der Waals surface area contributed by atoms with Crippen LogP contribution in [0, 0.1) is 12.7 Å². The lowest BCUT2D eigenvalue weighted by molar-refractivity contribution is 0.0957. The summed E-state index contributed by atoms with van der Waals surface area (Å²) < 4.78 is 46.8. The lowest BCUT2D eigenvalue weighted by atomic mass is 9.97. The molecule has 2 rings (SSSR count). The van der Waals surface area contributed by atoms with E-state index >= 15 is 0 Å². The van der Waals surface area contributed by atoms with Crippen LogP contribution in [0.4, 0.5) is 10.1 Å². The Balaban J connectivity index is 2.41. The molecule has 1 heterocycles. The van der Waals surface area contributed by atoms with Crippen molar-refractivity contribution in [2.24, 2.45) is 0 Å². The molecule has 2 atom stereocenters. The minimum atomic E-state index is -4.00. The monoisotopic (exact) mass is 302 g/mol.